The monoisotopic (exact) mass is 280 g/mol. The van der Waals surface area contributed by atoms with Crippen molar-refractivity contribution in [1.82, 2.24) is 0 Å². The van der Waals surface area contributed by atoms with Gasteiger partial charge in [-0.1, -0.05) is 26.5 Å². The van der Waals surface area contributed by atoms with Crippen LogP contribution in [-0.4, -0.2) is 25.2 Å². The van der Waals surface area contributed by atoms with Crippen molar-refractivity contribution in [2.75, 3.05) is 13.2 Å². The second-order valence-corrected chi connectivity index (χ2v) is 4.79. The first-order chi connectivity index (χ1) is 9.52. The van der Waals surface area contributed by atoms with E-state index in [0.29, 0.717) is 36.7 Å². The molecule has 20 heavy (non-hydrogen) atoms. The second kappa shape index (κ2) is 8.19. The molecule has 1 aliphatic rings. The molecule has 0 radical (unpaired) electrons. The van der Waals surface area contributed by atoms with E-state index in [-0.39, 0.29) is 12.4 Å². The van der Waals surface area contributed by atoms with E-state index < -0.39 is 6.16 Å². The first kappa shape index (κ1) is 16.0. The minimum absolute atomic E-state index is 0.0725. The van der Waals surface area contributed by atoms with Crippen LogP contribution >= 0.6 is 0 Å². The maximum absolute atomic E-state index is 11.8. The van der Waals surface area contributed by atoms with Gasteiger partial charge in [0.05, 0.1) is 6.61 Å². The summed E-state index contributed by atoms with van der Waals surface area (Å²) in [5.74, 6) is 0.882. The average Bonchev–Trinajstić information content (AvgIpc) is 2.41. The third kappa shape index (κ3) is 5.73. The van der Waals surface area contributed by atoms with Gasteiger partial charge in [-0.05, 0) is 12.3 Å². The molecule has 0 atom stereocenters. The van der Waals surface area contributed by atoms with Crippen molar-refractivity contribution >= 4 is 11.9 Å². The van der Waals surface area contributed by atoms with Gasteiger partial charge in [-0.3, -0.25) is 4.79 Å². The van der Waals surface area contributed by atoms with Crippen molar-refractivity contribution < 1.29 is 23.8 Å². The van der Waals surface area contributed by atoms with Crippen molar-refractivity contribution in [2.45, 2.75) is 26.7 Å². The van der Waals surface area contributed by atoms with Gasteiger partial charge in [0.25, 0.3) is 0 Å². The number of hydrogen-bond acceptors (Lipinski definition) is 5. The smallest absolute Gasteiger partial charge is 0.498 e. The topological polar surface area (TPSA) is 61.8 Å². The quantitative estimate of drug-likeness (QED) is 0.324. The van der Waals surface area contributed by atoms with Gasteiger partial charge in [-0.2, -0.15) is 0 Å². The Kier molecular flexibility index (Phi) is 6.56. The predicted molar refractivity (Wildman–Crippen MR) is 73.8 cm³/mol. The van der Waals surface area contributed by atoms with E-state index >= 15 is 0 Å². The number of allylic oxidation sites excluding steroid dienone is 3. The summed E-state index contributed by atoms with van der Waals surface area (Å²) in [6, 6.07) is 0. The molecule has 0 heterocycles. The van der Waals surface area contributed by atoms with Crippen LogP contribution in [0.5, 0.6) is 0 Å². The van der Waals surface area contributed by atoms with Crippen molar-refractivity contribution in [3.05, 3.63) is 36.3 Å². The Bertz CT molecular complexity index is 432. The number of rotatable bonds is 6. The minimum atomic E-state index is -0.851. The zero-order valence-electron chi connectivity index (χ0n) is 11.9. The fourth-order valence-corrected chi connectivity index (χ4v) is 1.48. The Morgan fingerprint density at radius 2 is 2.20 bits per heavy atom. The summed E-state index contributed by atoms with van der Waals surface area (Å²) in [7, 11) is 0. The summed E-state index contributed by atoms with van der Waals surface area (Å²) in [4.78, 5) is 22.9. The van der Waals surface area contributed by atoms with Crippen LogP contribution in [0.15, 0.2) is 36.3 Å². The maximum Gasteiger partial charge on any atom is 0.513 e. The normalized spacial score (nSPS) is 16.9. The number of ether oxygens (including phenoxy) is 3. The molecule has 0 fully saturated rings. The molecule has 0 amide bonds. The van der Waals surface area contributed by atoms with Gasteiger partial charge < -0.3 is 14.2 Å². The summed E-state index contributed by atoms with van der Waals surface area (Å²) in [5, 5.41) is 0. The molecular weight excluding hydrogens is 260 g/mol. The molecule has 0 aromatic carbocycles. The lowest BCUT2D eigenvalue weighted by Gasteiger charge is -2.16. The highest BCUT2D eigenvalue weighted by molar-refractivity contribution is 6.05. The first-order valence-electron chi connectivity index (χ1n) is 6.54. The number of carbonyl (C=O) groups excluding carboxylic acids is 2. The van der Waals surface area contributed by atoms with Crippen LogP contribution in [-0.2, 0) is 19.0 Å². The lowest BCUT2D eigenvalue weighted by molar-refractivity contribution is -0.112. The van der Waals surface area contributed by atoms with Crippen LogP contribution < -0.4 is 0 Å². The van der Waals surface area contributed by atoms with Gasteiger partial charge in [0.15, 0.2) is 5.78 Å². The molecule has 0 bridgehead atoms. The highest BCUT2D eigenvalue weighted by Crippen LogP contribution is 2.21. The lowest BCUT2D eigenvalue weighted by atomic mass is 10.00. The lowest BCUT2D eigenvalue weighted by Crippen LogP contribution is -2.12. The van der Waals surface area contributed by atoms with Crippen molar-refractivity contribution in [3.8, 4) is 0 Å². The molecule has 1 rings (SSSR count). The van der Waals surface area contributed by atoms with Crippen LogP contribution in [0.4, 0.5) is 4.79 Å². The van der Waals surface area contributed by atoms with Crippen LogP contribution in [0, 0.1) is 5.92 Å². The maximum atomic E-state index is 11.8. The molecule has 1 aliphatic carbocycles. The van der Waals surface area contributed by atoms with Gasteiger partial charge in [0.2, 0.25) is 0 Å². The number of carbonyl (C=O) groups is 2. The van der Waals surface area contributed by atoms with E-state index in [1.807, 2.05) is 13.8 Å². The Balaban J connectivity index is 2.49. The Morgan fingerprint density at radius 1 is 1.45 bits per heavy atom. The van der Waals surface area contributed by atoms with E-state index in [2.05, 4.69) is 11.3 Å². The zero-order valence-corrected chi connectivity index (χ0v) is 11.9. The summed E-state index contributed by atoms with van der Waals surface area (Å²) >= 11 is 0. The molecule has 110 valence electrons. The third-order valence-electron chi connectivity index (χ3n) is 2.47. The SMILES string of the molecule is C=CCOC(=O)O/C=C1/CCC(OCC(C)C)=CC1=O. The van der Waals surface area contributed by atoms with Crippen LogP contribution in [0.1, 0.15) is 26.7 Å². The van der Waals surface area contributed by atoms with Crippen molar-refractivity contribution in [1.29, 1.82) is 0 Å². The number of hydrogen-bond donors (Lipinski definition) is 0. The van der Waals surface area contributed by atoms with Gasteiger partial charge >= 0.3 is 6.16 Å². The van der Waals surface area contributed by atoms with E-state index in [9.17, 15) is 9.59 Å². The third-order valence-corrected chi connectivity index (χ3v) is 2.47. The van der Waals surface area contributed by atoms with Crippen molar-refractivity contribution in [3.63, 3.8) is 0 Å². The van der Waals surface area contributed by atoms with E-state index in [1.165, 1.54) is 12.2 Å². The van der Waals surface area contributed by atoms with E-state index in [4.69, 9.17) is 9.47 Å². The largest absolute Gasteiger partial charge is 0.513 e. The highest BCUT2D eigenvalue weighted by Gasteiger charge is 2.18. The molecule has 0 unspecified atom stereocenters. The van der Waals surface area contributed by atoms with Crippen LogP contribution in [0.2, 0.25) is 0 Å². The Labute approximate surface area is 118 Å². The standard InChI is InChI=1S/C15H20O5/c1-4-7-18-15(17)20-10-12-5-6-13(8-14(12)16)19-9-11(2)3/h4,8,10-11H,1,5-7,9H2,2-3H3/b12-10-. The molecule has 5 nitrogen and oxygen atoms in total. The average molecular weight is 280 g/mol. The second-order valence-electron chi connectivity index (χ2n) is 4.79. The van der Waals surface area contributed by atoms with Crippen LogP contribution in [0.3, 0.4) is 0 Å². The first-order valence-corrected chi connectivity index (χ1v) is 6.54. The zero-order chi connectivity index (χ0) is 15.0. The summed E-state index contributed by atoms with van der Waals surface area (Å²) in [5.41, 5.74) is 0.428. The van der Waals surface area contributed by atoms with Crippen LogP contribution in [0.25, 0.3) is 0 Å². The molecule has 0 aliphatic heterocycles. The fraction of sp³-hybridized carbons (Fsp3) is 0.467. The molecule has 0 saturated carbocycles. The molecule has 0 aromatic rings. The van der Waals surface area contributed by atoms with Gasteiger partial charge in [-0.25, -0.2) is 4.79 Å². The minimum Gasteiger partial charge on any atom is -0.498 e. The molecule has 0 saturated heterocycles. The molecular formula is C15H20O5. The summed E-state index contributed by atoms with van der Waals surface area (Å²) in [6.45, 7) is 8.15. The number of ketones is 1. The molecule has 0 spiro atoms. The Morgan fingerprint density at radius 3 is 2.80 bits per heavy atom. The highest BCUT2D eigenvalue weighted by atomic mass is 16.7. The predicted octanol–water partition coefficient (Wildman–Crippen LogP) is 3.13. The molecule has 5 heteroatoms. The van der Waals surface area contributed by atoms with E-state index in [0.717, 1.165) is 6.26 Å². The fourth-order valence-electron chi connectivity index (χ4n) is 1.48. The summed E-state index contributed by atoms with van der Waals surface area (Å²) in [6.07, 6.45) is 4.27. The van der Waals surface area contributed by atoms with E-state index in [1.54, 1.807) is 0 Å². The Hall–Kier alpha value is -2.04. The van der Waals surface area contributed by atoms with Gasteiger partial charge in [0.1, 0.15) is 18.6 Å². The molecule has 0 aromatic heterocycles. The van der Waals surface area contributed by atoms with Gasteiger partial charge in [0, 0.05) is 18.1 Å². The van der Waals surface area contributed by atoms with Crippen molar-refractivity contribution in [2.24, 2.45) is 5.92 Å². The van der Waals surface area contributed by atoms with Gasteiger partial charge in [-0.15, -0.1) is 0 Å². The molecule has 0 N–H and O–H groups in total. The summed E-state index contributed by atoms with van der Waals surface area (Å²) < 4.78 is 14.9.